The molecule has 0 saturated heterocycles. The Morgan fingerprint density at radius 3 is 2.29 bits per heavy atom. The fourth-order valence-electron chi connectivity index (χ4n) is 0.977. The van der Waals surface area contributed by atoms with Crippen LogP contribution >= 0.6 is 0 Å². The lowest BCUT2D eigenvalue weighted by Crippen LogP contribution is -2.11. The van der Waals surface area contributed by atoms with Crippen LogP contribution < -0.4 is 5.73 Å². The first-order valence-electron chi connectivity index (χ1n) is 4.13. The summed E-state index contributed by atoms with van der Waals surface area (Å²) in [5.74, 6) is -0.421. The maximum absolute atomic E-state index is 12.3. The van der Waals surface area contributed by atoms with Crippen LogP contribution in [0, 0.1) is 0 Å². The van der Waals surface area contributed by atoms with E-state index >= 15 is 0 Å². The predicted molar refractivity (Wildman–Crippen MR) is 43.5 cm³/mol. The Bertz CT molecular complexity index is 317. The van der Waals surface area contributed by atoms with E-state index in [1.165, 1.54) is 0 Å². The number of nitrogens with zero attached hydrogens (tertiary/aromatic N) is 1. The zero-order chi connectivity index (χ0) is 10.9. The van der Waals surface area contributed by atoms with Crippen molar-refractivity contribution >= 4 is 0 Å². The first kappa shape index (κ1) is 11.0. The third-order valence-electron chi connectivity index (χ3n) is 1.66. The molecule has 0 spiro atoms. The largest absolute Gasteiger partial charge is 0.443 e. The molecule has 0 fully saturated rings. The summed E-state index contributed by atoms with van der Waals surface area (Å²) in [6.07, 6.45) is -4.49. The summed E-state index contributed by atoms with van der Waals surface area (Å²) in [7, 11) is 0. The van der Waals surface area contributed by atoms with Gasteiger partial charge in [0.15, 0.2) is 17.3 Å². The second-order valence-corrected chi connectivity index (χ2v) is 3.18. The maximum Gasteiger partial charge on any atom is 0.436 e. The van der Waals surface area contributed by atoms with Crippen LogP contribution in [0.25, 0.3) is 0 Å². The molecule has 0 atom stereocenters. The van der Waals surface area contributed by atoms with Gasteiger partial charge in [0.2, 0.25) is 0 Å². The number of nitrogens with two attached hydrogens (primary N) is 1. The van der Waals surface area contributed by atoms with E-state index in [4.69, 9.17) is 10.2 Å². The summed E-state index contributed by atoms with van der Waals surface area (Å²) < 4.78 is 41.9. The summed E-state index contributed by atoms with van der Waals surface area (Å²) in [6.45, 7) is 3.10. The Balaban J connectivity index is 3.16. The molecule has 1 aromatic heterocycles. The van der Waals surface area contributed by atoms with Crippen molar-refractivity contribution in [1.29, 1.82) is 0 Å². The maximum atomic E-state index is 12.3. The highest BCUT2D eigenvalue weighted by Crippen LogP contribution is 2.32. The van der Waals surface area contributed by atoms with Crippen LogP contribution in [-0.4, -0.2) is 4.98 Å². The van der Waals surface area contributed by atoms with Gasteiger partial charge in [-0.25, -0.2) is 4.98 Å². The van der Waals surface area contributed by atoms with Gasteiger partial charge in [-0.3, -0.25) is 0 Å². The van der Waals surface area contributed by atoms with Gasteiger partial charge in [0.25, 0.3) is 0 Å². The lowest BCUT2D eigenvalue weighted by Gasteiger charge is -2.01. The molecular weight excluding hydrogens is 197 g/mol. The average Bonchev–Trinajstić information content (AvgIpc) is 2.46. The van der Waals surface area contributed by atoms with Crippen molar-refractivity contribution in [3.8, 4) is 0 Å². The Morgan fingerprint density at radius 2 is 2.00 bits per heavy atom. The number of alkyl halides is 3. The van der Waals surface area contributed by atoms with Gasteiger partial charge < -0.3 is 10.2 Å². The van der Waals surface area contributed by atoms with E-state index in [1.807, 2.05) is 0 Å². The average molecular weight is 208 g/mol. The van der Waals surface area contributed by atoms with Crippen LogP contribution in [0.1, 0.15) is 37.1 Å². The predicted octanol–water partition coefficient (Wildman–Crippen LogP) is 2.28. The number of rotatable bonds is 2. The van der Waals surface area contributed by atoms with Crippen LogP contribution in [0.15, 0.2) is 4.42 Å². The molecule has 0 amide bonds. The van der Waals surface area contributed by atoms with Gasteiger partial charge in [0.1, 0.15) is 0 Å². The van der Waals surface area contributed by atoms with Gasteiger partial charge in [-0.2, -0.15) is 13.2 Å². The standard InChI is InChI=1S/C8H11F3N2O/c1-4(2)7-13-6(8(9,10)11)5(3-12)14-7/h4H,3,12H2,1-2H3. The second kappa shape index (κ2) is 3.61. The van der Waals surface area contributed by atoms with Crippen molar-refractivity contribution in [1.82, 2.24) is 4.98 Å². The van der Waals surface area contributed by atoms with Gasteiger partial charge in [0, 0.05) is 5.92 Å². The number of oxazole rings is 1. The van der Waals surface area contributed by atoms with E-state index in [2.05, 4.69) is 4.98 Å². The summed E-state index contributed by atoms with van der Waals surface area (Å²) in [6, 6.07) is 0. The van der Waals surface area contributed by atoms with E-state index < -0.39 is 11.9 Å². The lowest BCUT2D eigenvalue weighted by molar-refractivity contribution is -0.142. The molecule has 0 aliphatic heterocycles. The van der Waals surface area contributed by atoms with Crippen LogP contribution in [-0.2, 0) is 12.7 Å². The van der Waals surface area contributed by atoms with E-state index in [-0.39, 0.29) is 24.1 Å². The highest BCUT2D eigenvalue weighted by Gasteiger charge is 2.38. The minimum Gasteiger partial charge on any atom is -0.443 e. The van der Waals surface area contributed by atoms with Crippen molar-refractivity contribution in [3.63, 3.8) is 0 Å². The van der Waals surface area contributed by atoms with Crippen LogP contribution in [0.2, 0.25) is 0 Å². The molecule has 1 rings (SSSR count). The molecule has 1 aromatic rings. The molecule has 3 nitrogen and oxygen atoms in total. The summed E-state index contributed by atoms with van der Waals surface area (Å²) in [4.78, 5) is 3.38. The normalized spacial score (nSPS) is 12.5. The lowest BCUT2D eigenvalue weighted by atomic mass is 10.2. The molecule has 0 unspecified atom stereocenters. The fraction of sp³-hybridized carbons (Fsp3) is 0.625. The number of aromatic nitrogens is 1. The molecule has 80 valence electrons. The first-order valence-corrected chi connectivity index (χ1v) is 4.13. The highest BCUT2D eigenvalue weighted by molar-refractivity contribution is 5.14. The molecule has 0 aromatic carbocycles. The molecule has 0 aliphatic carbocycles. The molecule has 0 aliphatic rings. The Morgan fingerprint density at radius 1 is 1.43 bits per heavy atom. The van der Waals surface area contributed by atoms with Crippen molar-refractivity contribution < 1.29 is 17.6 Å². The molecule has 0 bridgehead atoms. The SMILES string of the molecule is CC(C)c1nc(C(F)(F)F)c(CN)o1. The van der Waals surface area contributed by atoms with Crippen molar-refractivity contribution in [2.45, 2.75) is 32.5 Å². The zero-order valence-corrected chi connectivity index (χ0v) is 7.85. The van der Waals surface area contributed by atoms with Gasteiger partial charge in [-0.1, -0.05) is 13.8 Å². The van der Waals surface area contributed by atoms with E-state index in [0.717, 1.165) is 0 Å². The summed E-state index contributed by atoms with van der Waals surface area (Å²) >= 11 is 0. The number of hydrogen-bond acceptors (Lipinski definition) is 3. The second-order valence-electron chi connectivity index (χ2n) is 3.18. The van der Waals surface area contributed by atoms with Gasteiger partial charge in [-0.15, -0.1) is 0 Å². The number of halogens is 3. The quantitative estimate of drug-likeness (QED) is 0.811. The van der Waals surface area contributed by atoms with Gasteiger partial charge in [-0.05, 0) is 0 Å². The molecule has 1 heterocycles. The Labute approximate surface area is 79.1 Å². The molecule has 2 N–H and O–H groups in total. The molecule has 14 heavy (non-hydrogen) atoms. The zero-order valence-electron chi connectivity index (χ0n) is 7.85. The van der Waals surface area contributed by atoms with Crippen molar-refractivity contribution in [2.75, 3.05) is 0 Å². The molecule has 6 heteroatoms. The third-order valence-corrected chi connectivity index (χ3v) is 1.66. The Kier molecular flexibility index (Phi) is 2.84. The van der Waals surface area contributed by atoms with Crippen LogP contribution in [0.5, 0.6) is 0 Å². The van der Waals surface area contributed by atoms with Crippen molar-refractivity contribution in [3.05, 3.63) is 17.3 Å². The molecule has 0 saturated carbocycles. The highest BCUT2D eigenvalue weighted by atomic mass is 19.4. The fourth-order valence-corrected chi connectivity index (χ4v) is 0.977. The topological polar surface area (TPSA) is 52.0 Å². The molecular formula is C8H11F3N2O. The smallest absolute Gasteiger partial charge is 0.436 e. The minimum absolute atomic E-state index is 0.0674. The van der Waals surface area contributed by atoms with Crippen molar-refractivity contribution in [2.24, 2.45) is 5.73 Å². The van der Waals surface area contributed by atoms with E-state index in [0.29, 0.717) is 0 Å². The number of hydrogen-bond donors (Lipinski definition) is 1. The Hall–Kier alpha value is -1.04. The van der Waals surface area contributed by atoms with Gasteiger partial charge in [0.05, 0.1) is 6.54 Å². The monoisotopic (exact) mass is 208 g/mol. The summed E-state index contributed by atoms with van der Waals surface area (Å²) in [5, 5.41) is 0. The first-order chi connectivity index (χ1) is 6.36. The minimum atomic E-state index is -4.49. The summed E-state index contributed by atoms with van der Waals surface area (Å²) in [5.41, 5.74) is 4.12. The van der Waals surface area contributed by atoms with Crippen LogP contribution in [0.3, 0.4) is 0 Å². The van der Waals surface area contributed by atoms with E-state index in [1.54, 1.807) is 13.8 Å². The van der Waals surface area contributed by atoms with Gasteiger partial charge >= 0.3 is 6.18 Å². The third kappa shape index (κ3) is 2.06. The molecule has 0 radical (unpaired) electrons. The van der Waals surface area contributed by atoms with Crippen LogP contribution in [0.4, 0.5) is 13.2 Å². The van der Waals surface area contributed by atoms with E-state index in [9.17, 15) is 13.2 Å².